The van der Waals surface area contributed by atoms with Crippen molar-refractivity contribution >= 4 is 34.9 Å². The number of aromatic nitrogens is 3. The average molecular weight is 600 g/mol. The van der Waals surface area contributed by atoms with E-state index in [1.807, 2.05) is 0 Å². The Morgan fingerprint density at radius 2 is 1.59 bits per heavy atom. The maximum Gasteiger partial charge on any atom is 0.316 e. The van der Waals surface area contributed by atoms with Crippen molar-refractivity contribution in [1.29, 1.82) is 0 Å². The molecule has 1 saturated carbocycles. The monoisotopic (exact) mass is 599 g/mol. The quantitative estimate of drug-likeness (QED) is 0.290. The van der Waals surface area contributed by atoms with Gasteiger partial charge in [0.1, 0.15) is 5.82 Å². The molecule has 6 N–H and O–H groups in total. The number of piperidine rings is 2. The number of hydrogen-bond acceptors (Lipinski definition) is 8. The molecule has 0 atom stereocenters. The van der Waals surface area contributed by atoms with Crippen molar-refractivity contribution in [3.05, 3.63) is 66.2 Å². The van der Waals surface area contributed by atoms with Gasteiger partial charge in [-0.2, -0.15) is 0 Å². The standard InChI is InChI=1S/C27H38N6O.C6H7N3O/c1-27(13-17-32(18-14-27)22-7-3-4-8-22)20-9-11-21(12-10-20)30-26-24(25(28)34)29-19-23(31-26)33-15-5-2-6-16-33;7-6(10)9-5-2-1-3-8-4-5/h9-12,19,22H,2-8,13-18H2,1H3,(H2,28,34)(H,30,31);1-4H,(H3,7,9,10). The number of carbonyl (C=O) groups is 2. The Morgan fingerprint density at radius 1 is 0.886 bits per heavy atom. The number of rotatable bonds is 7. The fourth-order valence-corrected chi connectivity index (χ4v) is 6.54. The Labute approximate surface area is 259 Å². The van der Waals surface area contributed by atoms with E-state index in [-0.39, 0.29) is 11.1 Å². The molecule has 44 heavy (non-hydrogen) atoms. The Kier molecular flexibility index (Phi) is 10.3. The Hall–Kier alpha value is -4.25. The molecular formula is C33H45N9O2. The lowest BCUT2D eigenvalue weighted by Crippen LogP contribution is -2.45. The van der Waals surface area contributed by atoms with Gasteiger partial charge in [-0.05, 0) is 93.3 Å². The molecule has 0 bridgehead atoms. The number of nitrogens with one attached hydrogen (secondary N) is 2. The fourth-order valence-electron chi connectivity index (χ4n) is 6.54. The summed E-state index contributed by atoms with van der Waals surface area (Å²) in [5.41, 5.74) is 13.7. The summed E-state index contributed by atoms with van der Waals surface area (Å²) in [6.07, 6.45) is 16.3. The minimum absolute atomic E-state index is 0.177. The topological polar surface area (TPSA) is 155 Å². The van der Waals surface area contributed by atoms with E-state index < -0.39 is 11.9 Å². The zero-order valence-corrected chi connectivity index (χ0v) is 25.7. The van der Waals surface area contributed by atoms with Gasteiger partial charge in [0, 0.05) is 31.0 Å². The van der Waals surface area contributed by atoms with Gasteiger partial charge in [-0.25, -0.2) is 14.8 Å². The lowest BCUT2D eigenvalue weighted by Gasteiger charge is -2.42. The van der Waals surface area contributed by atoms with Gasteiger partial charge in [0.05, 0.1) is 18.1 Å². The van der Waals surface area contributed by atoms with Gasteiger partial charge in [0.25, 0.3) is 5.91 Å². The van der Waals surface area contributed by atoms with Gasteiger partial charge in [0.15, 0.2) is 11.5 Å². The number of pyridine rings is 1. The first-order valence-electron chi connectivity index (χ1n) is 15.8. The van der Waals surface area contributed by atoms with Gasteiger partial charge in [-0.15, -0.1) is 0 Å². The molecule has 3 aromatic rings. The van der Waals surface area contributed by atoms with E-state index in [1.54, 1.807) is 24.5 Å². The van der Waals surface area contributed by atoms with Crippen molar-refractivity contribution in [3.63, 3.8) is 0 Å². The highest BCUT2D eigenvalue weighted by molar-refractivity contribution is 5.96. The van der Waals surface area contributed by atoms with Gasteiger partial charge in [0.2, 0.25) is 0 Å². The molecule has 3 aliphatic rings. The maximum absolute atomic E-state index is 12.0. The maximum atomic E-state index is 12.0. The predicted molar refractivity (Wildman–Crippen MR) is 174 cm³/mol. The summed E-state index contributed by atoms with van der Waals surface area (Å²) >= 11 is 0. The third-order valence-corrected chi connectivity index (χ3v) is 9.19. The number of hydrogen-bond donors (Lipinski definition) is 4. The second-order valence-electron chi connectivity index (χ2n) is 12.3. The SMILES string of the molecule is CC1(c2ccc(Nc3nc(N4CCCCC4)cnc3C(N)=O)cc2)CCN(C2CCCC2)CC1.NC(=O)Nc1cccnc1. The van der Waals surface area contributed by atoms with E-state index >= 15 is 0 Å². The molecule has 4 heterocycles. The smallest absolute Gasteiger partial charge is 0.316 e. The minimum atomic E-state index is -0.576. The van der Waals surface area contributed by atoms with Crippen LogP contribution in [0.25, 0.3) is 0 Å². The molecule has 2 aromatic heterocycles. The summed E-state index contributed by atoms with van der Waals surface area (Å²) in [6.45, 7) is 6.73. The van der Waals surface area contributed by atoms with E-state index in [9.17, 15) is 9.59 Å². The molecule has 1 aliphatic carbocycles. The average Bonchev–Trinajstić information content (AvgIpc) is 3.58. The largest absolute Gasteiger partial charge is 0.364 e. The highest BCUT2D eigenvalue weighted by Crippen LogP contribution is 2.38. The molecule has 234 valence electrons. The molecule has 11 heteroatoms. The zero-order chi connectivity index (χ0) is 30.9. The number of likely N-dealkylation sites (tertiary alicyclic amines) is 1. The number of urea groups is 1. The predicted octanol–water partition coefficient (Wildman–Crippen LogP) is 5.18. The molecular weight excluding hydrogens is 554 g/mol. The van der Waals surface area contributed by atoms with Crippen molar-refractivity contribution < 1.29 is 9.59 Å². The van der Waals surface area contributed by atoms with Crippen LogP contribution in [0, 0.1) is 0 Å². The molecule has 3 amide bonds. The first kappa shape index (κ1) is 31.2. The second-order valence-corrected chi connectivity index (χ2v) is 12.3. The third-order valence-electron chi connectivity index (χ3n) is 9.19. The van der Waals surface area contributed by atoms with E-state index in [4.69, 9.17) is 16.5 Å². The van der Waals surface area contributed by atoms with Crippen LogP contribution in [0.2, 0.25) is 0 Å². The molecule has 0 radical (unpaired) electrons. The van der Waals surface area contributed by atoms with E-state index in [0.717, 1.165) is 43.5 Å². The molecule has 0 unspecified atom stereocenters. The summed E-state index contributed by atoms with van der Waals surface area (Å²) in [7, 11) is 0. The molecule has 0 spiro atoms. The number of nitrogens with zero attached hydrogens (tertiary/aromatic N) is 5. The Balaban J connectivity index is 0.000000328. The van der Waals surface area contributed by atoms with Crippen LogP contribution in [0.1, 0.15) is 80.8 Å². The van der Waals surface area contributed by atoms with Gasteiger partial charge in [-0.1, -0.05) is 31.9 Å². The number of anilines is 4. The van der Waals surface area contributed by atoms with Crippen LogP contribution in [0.4, 0.5) is 27.8 Å². The summed E-state index contributed by atoms with van der Waals surface area (Å²) in [6, 6.07) is 12.3. The van der Waals surface area contributed by atoms with Crippen LogP contribution in [0.3, 0.4) is 0 Å². The van der Waals surface area contributed by atoms with Crippen LogP contribution in [-0.2, 0) is 5.41 Å². The van der Waals surface area contributed by atoms with E-state index in [0.29, 0.717) is 11.5 Å². The van der Waals surface area contributed by atoms with Crippen molar-refractivity contribution in [2.75, 3.05) is 41.7 Å². The Morgan fingerprint density at radius 3 is 2.20 bits per heavy atom. The highest BCUT2D eigenvalue weighted by atomic mass is 16.2. The minimum Gasteiger partial charge on any atom is -0.364 e. The van der Waals surface area contributed by atoms with Gasteiger partial charge in [-0.3, -0.25) is 9.78 Å². The summed E-state index contributed by atoms with van der Waals surface area (Å²) in [4.78, 5) is 40.0. The second kappa shape index (κ2) is 14.5. The van der Waals surface area contributed by atoms with E-state index in [1.165, 1.54) is 69.8 Å². The van der Waals surface area contributed by atoms with E-state index in [2.05, 4.69) is 61.6 Å². The Bertz CT molecular complexity index is 1380. The molecule has 6 rings (SSSR count). The number of carbonyl (C=O) groups excluding carboxylic acids is 2. The fraction of sp³-hybridized carbons (Fsp3) is 0.485. The third kappa shape index (κ3) is 8.02. The van der Waals surface area contributed by atoms with Gasteiger partial charge < -0.3 is 31.9 Å². The molecule has 2 saturated heterocycles. The molecule has 1 aromatic carbocycles. The van der Waals surface area contributed by atoms with Crippen LogP contribution in [0.15, 0.2) is 55.0 Å². The van der Waals surface area contributed by atoms with Crippen LogP contribution in [-0.4, -0.2) is 64.0 Å². The number of primary amides is 2. The molecule has 2 aliphatic heterocycles. The van der Waals surface area contributed by atoms with Crippen LogP contribution < -0.4 is 27.0 Å². The van der Waals surface area contributed by atoms with Crippen molar-refractivity contribution in [2.24, 2.45) is 11.5 Å². The number of amides is 3. The lowest BCUT2D eigenvalue weighted by atomic mass is 9.74. The lowest BCUT2D eigenvalue weighted by molar-refractivity contribution is 0.0996. The van der Waals surface area contributed by atoms with Crippen molar-refractivity contribution in [2.45, 2.75) is 76.2 Å². The van der Waals surface area contributed by atoms with Gasteiger partial charge >= 0.3 is 6.03 Å². The highest BCUT2D eigenvalue weighted by Gasteiger charge is 2.34. The summed E-state index contributed by atoms with van der Waals surface area (Å²) in [5, 5.41) is 5.69. The normalized spacial score (nSPS) is 18.6. The number of benzene rings is 1. The first-order valence-corrected chi connectivity index (χ1v) is 15.8. The van der Waals surface area contributed by atoms with Crippen LogP contribution in [0.5, 0.6) is 0 Å². The van der Waals surface area contributed by atoms with Crippen molar-refractivity contribution in [1.82, 2.24) is 19.9 Å². The summed E-state index contributed by atoms with van der Waals surface area (Å²) in [5.74, 6) is 0.656. The molecule has 3 fully saturated rings. The number of nitrogens with two attached hydrogens (primary N) is 2. The van der Waals surface area contributed by atoms with Crippen molar-refractivity contribution in [3.8, 4) is 0 Å². The summed E-state index contributed by atoms with van der Waals surface area (Å²) < 4.78 is 0. The van der Waals surface area contributed by atoms with Crippen LogP contribution >= 0.6 is 0 Å². The molecule has 11 nitrogen and oxygen atoms in total. The zero-order valence-electron chi connectivity index (χ0n) is 25.7. The first-order chi connectivity index (χ1) is 21.3.